The van der Waals surface area contributed by atoms with E-state index in [1.165, 1.54) is 0 Å². The van der Waals surface area contributed by atoms with Gasteiger partial charge in [0.05, 0.1) is 0 Å². The van der Waals surface area contributed by atoms with E-state index in [1.54, 1.807) is 0 Å². The molecule has 0 aliphatic heterocycles. The van der Waals surface area contributed by atoms with E-state index in [0.29, 0.717) is 12.3 Å². The van der Waals surface area contributed by atoms with E-state index in [2.05, 4.69) is 31.6 Å². The van der Waals surface area contributed by atoms with Crippen LogP contribution in [0.15, 0.2) is 0 Å². The van der Waals surface area contributed by atoms with Crippen LogP contribution in [-0.2, 0) is 4.79 Å². The van der Waals surface area contributed by atoms with Gasteiger partial charge in [0.15, 0.2) is 0 Å². The van der Waals surface area contributed by atoms with Crippen molar-refractivity contribution in [2.24, 2.45) is 5.92 Å². The van der Waals surface area contributed by atoms with Crippen LogP contribution in [0.5, 0.6) is 0 Å². The maximum atomic E-state index is 11.1. The largest absolute Gasteiger partial charge is 0.292 e. The molecule has 0 aromatic heterocycles. The van der Waals surface area contributed by atoms with Crippen LogP contribution < -0.4 is 10.9 Å². The Labute approximate surface area is 81.3 Å². The summed E-state index contributed by atoms with van der Waals surface area (Å²) in [6, 6.07) is 0. The summed E-state index contributed by atoms with van der Waals surface area (Å²) in [5.74, 6) is 0.719. The van der Waals surface area contributed by atoms with Crippen molar-refractivity contribution in [3.63, 3.8) is 0 Å². The highest BCUT2D eigenvalue weighted by Gasteiger charge is 2.00. The fourth-order valence-corrected chi connectivity index (χ4v) is 0.868. The lowest BCUT2D eigenvalue weighted by Gasteiger charge is -2.10. The van der Waals surface area contributed by atoms with E-state index in [0.717, 1.165) is 25.8 Å². The molecule has 0 aromatic rings. The summed E-state index contributed by atoms with van der Waals surface area (Å²) >= 11 is 0. The van der Waals surface area contributed by atoms with Gasteiger partial charge in [-0.1, -0.05) is 33.6 Å². The highest BCUT2D eigenvalue weighted by Crippen LogP contribution is 1.96. The molecule has 0 aliphatic carbocycles. The molecule has 0 heterocycles. The zero-order valence-electron chi connectivity index (χ0n) is 9.02. The molecule has 0 fully saturated rings. The predicted molar refractivity (Wildman–Crippen MR) is 55.1 cm³/mol. The van der Waals surface area contributed by atoms with Gasteiger partial charge in [-0.15, -0.1) is 0 Å². The molecule has 3 heteroatoms. The molecular weight excluding hydrogens is 164 g/mol. The normalized spacial score (nSPS) is 12.5. The Kier molecular flexibility index (Phi) is 7.69. The first-order valence-corrected chi connectivity index (χ1v) is 5.22. The average Bonchev–Trinajstić information content (AvgIpc) is 2.14. The van der Waals surface area contributed by atoms with E-state index in [4.69, 9.17) is 0 Å². The van der Waals surface area contributed by atoms with Gasteiger partial charge in [-0.25, -0.2) is 5.43 Å². The van der Waals surface area contributed by atoms with Crippen LogP contribution in [0.1, 0.15) is 46.5 Å². The third-order valence-corrected chi connectivity index (χ3v) is 2.13. The molecule has 0 saturated carbocycles. The number of hydrazine groups is 1. The second-order valence-electron chi connectivity index (χ2n) is 3.55. The van der Waals surface area contributed by atoms with E-state index < -0.39 is 0 Å². The fraction of sp³-hybridized carbons (Fsp3) is 0.900. The monoisotopic (exact) mass is 186 g/mol. The Morgan fingerprint density at radius 3 is 2.62 bits per heavy atom. The van der Waals surface area contributed by atoms with Crippen molar-refractivity contribution < 1.29 is 4.79 Å². The molecule has 2 N–H and O–H groups in total. The number of carbonyl (C=O) groups is 1. The maximum Gasteiger partial charge on any atom is 0.234 e. The third kappa shape index (κ3) is 7.78. The second-order valence-corrected chi connectivity index (χ2v) is 3.55. The van der Waals surface area contributed by atoms with Gasteiger partial charge in [0.2, 0.25) is 5.91 Å². The molecule has 78 valence electrons. The van der Waals surface area contributed by atoms with E-state index in [1.807, 2.05) is 0 Å². The number of rotatable bonds is 7. The van der Waals surface area contributed by atoms with Crippen molar-refractivity contribution in [2.45, 2.75) is 46.5 Å². The summed E-state index contributed by atoms with van der Waals surface area (Å²) in [5.41, 5.74) is 5.64. The molecule has 0 saturated heterocycles. The topological polar surface area (TPSA) is 41.1 Å². The zero-order chi connectivity index (χ0) is 10.1. The van der Waals surface area contributed by atoms with E-state index in [-0.39, 0.29) is 5.91 Å². The lowest BCUT2D eigenvalue weighted by Crippen LogP contribution is -2.39. The molecule has 0 rings (SSSR count). The summed E-state index contributed by atoms with van der Waals surface area (Å²) in [4.78, 5) is 11.1. The summed E-state index contributed by atoms with van der Waals surface area (Å²) in [5, 5.41) is 0. The Morgan fingerprint density at radius 1 is 1.38 bits per heavy atom. The van der Waals surface area contributed by atoms with Crippen LogP contribution in [0.25, 0.3) is 0 Å². The second kappa shape index (κ2) is 8.05. The molecule has 0 aliphatic rings. The number of hydrogen-bond donors (Lipinski definition) is 2. The molecule has 0 spiro atoms. The number of hydrogen-bond acceptors (Lipinski definition) is 2. The van der Waals surface area contributed by atoms with Crippen molar-refractivity contribution in [3.8, 4) is 0 Å². The number of amides is 1. The third-order valence-electron chi connectivity index (χ3n) is 2.13. The van der Waals surface area contributed by atoms with Gasteiger partial charge >= 0.3 is 0 Å². The van der Waals surface area contributed by atoms with E-state index in [9.17, 15) is 4.79 Å². The summed E-state index contributed by atoms with van der Waals surface area (Å²) in [6.07, 6.45) is 3.80. The Hall–Kier alpha value is -0.570. The molecule has 0 radical (unpaired) electrons. The van der Waals surface area contributed by atoms with Gasteiger partial charge < -0.3 is 0 Å². The number of nitrogens with one attached hydrogen (secondary N) is 2. The first kappa shape index (κ1) is 12.4. The maximum absolute atomic E-state index is 11.1. The van der Waals surface area contributed by atoms with Gasteiger partial charge in [-0.2, -0.15) is 0 Å². The van der Waals surface area contributed by atoms with Crippen LogP contribution in [0.3, 0.4) is 0 Å². The van der Waals surface area contributed by atoms with Gasteiger partial charge in [-0.05, 0) is 12.3 Å². The van der Waals surface area contributed by atoms with Gasteiger partial charge in [0.1, 0.15) is 0 Å². The van der Waals surface area contributed by atoms with Gasteiger partial charge in [0, 0.05) is 13.0 Å². The molecule has 0 unspecified atom stereocenters. The number of carbonyl (C=O) groups excluding carboxylic acids is 1. The lowest BCUT2D eigenvalue weighted by molar-refractivity contribution is -0.122. The van der Waals surface area contributed by atoms with Crippen LogP contribution in [0.4, 0.5) is 0 Å². The smallest absolute Gasteiger partial charge is 0.234 e. The highest BCUT2D eigenvalue weighted by molar-refractivity contribution is 5.75. The van der Waals surface area contributed by atoms with Crippen molar-refractivity contribution in [2.75, 3.05) is 6.54 Å². The zero-order valence-corrected chi connectivity index (χ0v) is 9.02. The van der Waals surface area contributed by atoms with Crippen LogP contribution in [0.2, 0.25) is 0 Å². The first-order chi connectivity index (χ1) is 6.20. The molecule has 1 amide bonds. The Balaban J connectivity index is 3.26. The molecule has 1 atom stereocenters. The molecule has 0 bridgehead atoms. The van der Waals surface area contributed by atoms with Crippen LogP contribution in [0, 0.1) is 5.92 Å². The van der Waals surface area contributed by atoms with Crippen molar-refractivity contribution in [1.82, 2.24) is 10.9 Å². The lowest BCUT2D eigenvalue weighted by atomic mass is 10.1. The molecule has 3 nitrogen and oxygen atoms in total. The molecular formula is C10H22N2O. The fourth-order valence-electron chi connectivity index (χ4n) is 0.868. The summed E-state index contributed by atoms with van der Waals surface area (Å²) in [7, 11) is 0. The Morgan fingerprint density at radius 2 is 2.08 bits per heavy atom. The minimum absolute atomic E-state index is 0.102. The minimum Gasteiger partial charge on any atom is -0.292 e. The van der Waals surface area contributed by atoms with E-state index >= 15 is 0 Å². The van der Waals surface area contributed by atoms with Gasteiger partial charge in [0.25, 0.3) is 0 Å². The molecule has 13 heavy (non-hydrogen) atoms. The quantitative estimate of drug-likeness (QED) is 0.596. The predicted octanol–water partition coefficient (Wildman–Crippen LogP) is 1.84. The minimum atomic E-state index is 0.102. The average molecular weight is 186 g/mol. The van der Waals surface area contributed by atoms with Crippen LogP contribution >= 0.6 is 0 Å². The first-order valence-electron chi connectivity index (χ1n) is 5.22. The SMILES string of the molecule is CCCCC(=O)NNC[C@@H](C)CC. The molecule has 0 aromatic carbocycles. The number of unbranched alkanes of at least 4 members (excludes halogenated alkanes) is 1. The van der Waals surface area contributed by atoms with Gasteiger partial charge in [-0.3, -0.25) is 10.2 Å². The standard InChI is InChI=1S/C10H22N2O/c1-4-6-7-10(13)12-11-8-9(3)5-2/h9,11H,4-8H2,1-3H3,(H,12,13)/t9-/m0/s1. The summed E-state index contributed by atoms with van der Waals surface area (Å²) in [6.45, 7) is 7.24. The Bertz CT molecular complexity index is 137. The van der Waals surface area contributed by atoms with Crippen molar-refractivity contribution in [1.29, 1.82) is 0 Å². The summed E-state index contributed by atoms with van der Waals surface area (Å²) < 4.78 is 0. The highest BCUT2D eigenvalue weighted by atomic mass is 16.2. The van der Waals surface area contributed by atoms with Crippen molar-refractivity contribution >= 4 is 5.91 Å². The van der Waals surface area contributed by atoms with Crippen molar-refractivity contribution in [3.05, 3.63) is 0 Å². The van der Waals surface area contributed by atoms with Crippen LogP contribution in [-0.4, -0.2) is 12.5 Å².